The van der Waals surface area contributed by atoms with Crippen LogP contribution in [0.3, 0.4) is 0 Å². The largest absolute Gasteiger partial charge is 0.494 e. The smallest absolute Gasteiger partial charge is 0.167 e. The zero-order chi connectivity index (χ0) is 13.1. The quantitative estimate of drug-likeness (QED) is 0.868. The molecule has 1 aliphatic rings. The number of piperidine rings is 1. The van der Waals surface area contributed by atoms with Gasteiger partial charge in [-0.1, -0.05) is 23.2 Å². The Labute approximate surface area is 116 Å². The Morgan fingerprint density at radius 1 is 1.39 bits per heavy atom. The summed E-state index contributed by atoms with van der Waals surface area (Å²) in [6, 6.07) is 3.26. The van der Waals surface area contributed by atoms with Gasteiger partial charge in [0.1, 0.15) is 0 Å². The van der Waals surface area contributed by atoms with Crippen molar-refractivity contribution in [3.63, 3.8) is 0 Å². The number of hydrogen-bond acceptors (Lipinski definition) is 3. The number of ketones is 1. The maximum atomic E-state index is 12.3. The molecule has 1 aliphatic heterocycles. The van der Waals surface area contributed by atoms with Crippen LogP contribution in [0.15, 0.2) is 12.1 Å². The monoisotopic (exact) mass is 287 g/mol. The van der Waals surface area contributed by atoms with Gasteiger partial charge in [-0.2, -0.15) is 0 Å². The van der Waals surface area contributed by atoms with Crippen molar-refractivity contribution in [2.75, 3.05) is 20.2 Å². The summed E-state index contributed by atoms with van der Waals surface area (Å²) in [5.74, 6) is 0.518. The summed E-state index contributed by atoms with van der Waals surface area (Å²) < 4.78 is 5.07. The fourth-order valence-electron chi connectivity index (χ4n) is 2.21. The van der Waals surface area contributed by atoms with Gasteiger partial charge < -0.3 is 10.1 Å². The molecule has 3 nitrogen and oxygen atoms in total. The number of carbonyl (C=O) groups excluding carboxylic acids is 1. The van der Waals surface area contributed by atoms with E-state index in [0.29, 0.717) is 21.4 Å². The first-order chi connectivity index (χ1) is 8.63. The minimum Gasteiger partial charge on any atom is -0.494 e. The molecule has 18 heavy (non-hydrogen) atoms. The number of nitrogens with one attached hydrogen (secondary N) is 1. The molecular weight excluding hydrogens is 273 g/mol. The van der Waals surface area contributed by atoms with E-state index in [2.05, 4.69) is 5.32 Å². The molecule has 0 aliphatic carbocycles. The van der Waals surface area contributed by atoms with Crippen molar-refractivity contribution in [1.29, 1.82) is 0 Å². The molecule has 1 unspecified atom stereocenters. The zero-order valence-corrected chi connectivity index (χ0v) is 11.6. The average Bonchev–Trinajstić information content (AvgIpc) is 2.38. The highest BCUT2D eigenvalue weighted by atomic mass is 35.5. The summed E-state index contributed by atoms with van der Waals surface area (Å²) in [4.78, 5) is 12.3. The minimum absolute atomic E-state index is 0.0132. The number of methoxy groups -OCH3 is 1. The van der Waals surface area contributed by atoms with E-state index in [0.717, 1.165) is 25.9 Å². The predicted octanol–water partition coefficient (Wildman–Crippen LogP) is 3.18. The SMILES string of the molecule is COc1c(Cl)cc(C(=O)C2CCCNC2)cc1Cl. The molecule has 0 spiro atoms. The molecule has 1 saturated heterocycles. The third kappa shape index (κ3) is 2.79. The van der Waals surface area contributed by atoms with Gasteiger partial charge in [0.2, 0.25) is 0 Å². The van der Waals surface area contributed by atoms with Crippen LogP contribution in [0.25, 0.3) is 0 Å². The van der Waals surface area contributed by atoms with E-state index in [-0.39, 0.29) is 11.7 Å². The Hall–Kier alpha value is -0.770. The molecule has 0 amide bonds. The Morgan fingerprint density at radius 2 is 2.06 bits per heavy atom. The van der Waals surface area contributed by atoms with Crippen LogP contribution in [0.2, 0.25) is 10.0 Å². The van der Waals surface area contributed by atoms with Crippen LogP contribution in [-0.4, -0.2) is 26.0 Å². The van der Waals surface area contributed by atoms with Crippen molar-refractivity contribution in [3.05, 3.63) is 27.7 Å². The number of carbonyl (C=O) groups is 1. The highest BCUT2D eigenvalue weighted by Gasteiger charge is 2.23. The second kappa shape index (κ2) is 5.91. The highest BCUT2D eigenvalue weighted by Crippen LogP contribution is 2.34. The average molecular weight is 288 g/mol. The second-order valence-corrected chi connectivity index (χ2v) is 5.20. The van der Waals surface area contributed by atoms with Gasteiger partial charge in [-0.3, -0.25) is 4.79 Å². The van der Waals surface area contributed by atoms with Crippen molar-refractivity contribution in [2.45, 2.75) is 12.8 Å². The van der Waals surface area contributed by atoms with Crippen LogP contribution in [0.5, 0.6) is 5.75 Å². The number of rotatable bonds is 3. The minimum atomic E-state index is 0.0132. The van der Waals surface area contributed by atoms with Gasteiger partial charge in [0.05, 0.1) is 17.2 Å². The van der Waals surface area contributed by atoms with E-state index < -0.39 is 0 Å². The Bertz CT molecular complexity index is 433. The molecule has 1 aromatic rings. The maximum absolute atomic E-state index is 12.3. The van der Waals surface area contributed by atoms with Crippen LogP contribution in [0.1, 0.15) is 23.2 Å². The van der Waals surface area contributed by atoms with Crippen molar-refractivity contribution >= 4 is 29.0 Å². The Kier molecular flexibility index (Phi) is 4.49. The van der Waals surface area contributed by atoms with Crippen LogP contribution >= 0.6 is 23.2 Å². The van der Waals surface area contributed by atoms with Gasteiger partial charge >= 0.3 is 0 Å². The molecule has 5 heteroatoms. The van der Waals surface area contributed by atoms with Gasteiger partial charge in [0.15, 0.2) is 11.5 Å². The second-order valence-electron chi connectivity index (χ2n) is 4.38. The van der Waals surface area contributed by atoms with E-state index in [9.17, 15) is 4.79 Å². The lowest BCUT2D eigenvalue weighted by Gasteiger charge is -2.21. The molecule has 0 aromatic heterocycles. The predicted molar refractivity (Wildman–Crippen MR) is 72.9 cm³/mol. The maximum Gasteiger partial charge on any atom is 0.167 e. The zero-order valence-electron chi connectivity index (χ0n) is 10.1. The van der Waals surface area contributed by atoms with E-state index >= 15 is 0 Å². The number of ether oxygens (including phenoxy) is 1. The summed E-state index contributed by atoms with van der Waals surface area (Å²) in [5.41, 5.74) is 0.555. The normalized spacial score (nSPS) is 19.6. The van der Waals surface area contributed by atoms with Gasteiger partial charge in [0.25, 0.3) is 0 Å². The van der Waals surface area contributed by atoms with Gasteiger partial charge in [0, 0.05) is 18.0 Å². The lowest BCUT2D eigenvalue weighted by molar-refractivity contribution is 0.0899. The first kappa shape index (κ1) is 13.7. The molecule has 1 aromatic carbocycles. The number of halogens is 2. The van der Waals surface area contributed by atoms with Gasteiger partial charge in [-0.05, 0) is 31.5 Å². The summed E-state index contributed by atoms with van der Waals surface area (Å²) in [6.45, 7) is 1.70. The van der Waals surface area contributed by atoms with Crippen molar-refractivity contribution < 1.29 is 9.53 Å². The lowest BCUT2D eigenvalue weighted by atomic mass is 9.91. The molecule has 98 valence electrons. The topological polar surface area (TPSA) is 38.3 Å². The molecule has 1 heterocycles. The van der Waals surface area contributed by atoms with Gasteiger partial charge in [-0.25, -0.2) is 0 Å². The Morgan fingerprint density at radius 3 is 2.56 bits per heavy atom. The number of Topliss-reactive ketones (excluding diaryl/α,β-unsaturated/α-hetero) is 1. The molecule has 2 rings (SSSR count). The van der Waals surface area contributed by atoms with Crippen LogP contribution < -0.4 is 10.1 Å². The van der Waals surface area contributed by atoms with E-state index in [1.54, 1.807) is 12.1 Å². The molecule has 0 saturated carbocycles. The first-order valence-electron chi connectivity index (χ1n) is 5.91. The van der Waals surface area contributed by atoms with Crippen molar-refractivity contribution in [3.8, 4) is 5.75 Å². The van der Waals surface area contributed by atoms with E-state index in [4.69, 9.17) is 27.9 Å². The highest BCUT2D eigenvalue weighted by molar-refractivity contribution is 6.37. The van der Waals surface area contributed by atoms with Crippen molar-refractivity contribution in [1.82, 2.24) is 5.32 Å². The number of hydrogen-bond donors (Lipinski definition) is 1. The molecule has 1 atom stereocenters. The fraction of sp³-hybridized carbons (Fsp3) is 0.462. The summed E-state index contributed by atoms with van der Waals surface area (Å²) in [6.07, 6.45) is 1.93. The standard InChI is InChI=1S/C13H15Cl2NO2/c1-18-13-10(14)5-9(6-11(13)15)12(17)8-3-2-4-16-7-8/h5-6,8,16H,2-4,7H2,1H3. The molecule has 1 N–H and O–H groups in total. The van der Waals surface area contributed by atoms with E-state index in [1.807, 2.05) is 0 Å². The number of benzene rings is 1. The molecule has 0 bridgehead atoms. The molecule has 1 fully saturated rings. The third-order valence-electron chi connectivity index (χ3n) is 3.15. The van der Waals surface area contributed by atoms with E-state index in [1.165, 1.54) is 7.11 Å². The van der Waals surface area contributed by atoms with Crippen LogP contribution in [-0.2, 0) is 0 Å². The summed E-state index contributed by atoms with van der Waals surface area (Å²) >= 11 is 12.1. The van der Waals surface area contributed by atoms with Crippen LogP contribution in [0, 0.1) is 5.92 Å². The first-order valence-corrected chi connectivity index (χ1v) is 6.67. The Balaban J connectivity index is 2.25. The van der Waals surface area contributed by atoms with Crippen LogP contribution in [0.4, 0.5) is 0 Å². The molecular formula is C13H15Cl2NO2. The fourth-order valence-corrected chi connectivity index (χ4v) is 2.85. The molecule has 0 radical (unpaired) electrons. The summed E-state index contributed by atoms with van der Waals surface area (Å²) in [7, 11) is 1.50. The summed E-state index contributed by atoms with van der Waals surface area (Å²) in [5, 5.41) is 3.97. The lowest BCUT2D eigenvalue weighted by Crippen LogP contribution is -2.34. The van der Waals surface area contributed by atoms with Gasteiger partial charge in [-0.15, -0.1) is 0 Å². The third-order valence-corrected chi connectivity index (χ3v) is 3.72. The van der Waals surface area contributed by atoms with Crippen molar-refractivity contribution in [2.24, 2.45) is 5.92 Å².